The topological polar surface area (TPSA) is 77.5 Å². The molecule has 0 spiro atoms. The first kappa shape index (κ1) is 21.0. The minimum absolute atomic E-state index is 0.0590. The number of allylic oxidation sites excluding steroid dienone is 2. The van der Waals surface area contributed by atoms with Crippen LogP contribution >= 0.6 is 11.6 Å². The number of esters is 1. The standard InChI is InChI=1S/C22H27ClO5/c1-12-13-5-6-17(24)22(4)16(21(2,3)8-7-18(22)25)10-15(28-19(26)11-23)14(9-13)20(12)27/h9,13,15-16H,1,5-8,10-11H2,2-4H3/t13-,15-,16-,22-/m1/s1. The molecule has 0 heterocycles. The van der Waals surface area contributed by atoms with E-state index in [4.69, 9.17) is 16.3 Å². The Labute approximate surface area is 170 Å². The van der Waals surface area contributed by atoms with Crippen molar-refractivity contribution in [3.8, 4) is 0 Å². The van der Waals surface area contributed by atoms with Gasteiger partial charge in [-0.3, -0.25) is 19.2 Å². The summed E-state index contributed by atoms with van der Waals surface area (Å²) >= 11 is 5.63. The van der Waals surface area contributed by atoms with Gasteiger partial charge in [-0.1, -0.05) is 26.5 Å². The molecule has 0 aromatic rings. The van der Waals surface area contributed by atoms with Crippen LogP contribution in [0.25, 0.3) is 0 Å². The average molecular weight is 407 g/mol. The molecule has 3 aliphatic rings. The number of Topliss-reactive ketones (excluding diaryl/α,β-unsaturated/α-hetero) is 3. The first-order chi connectivity index (χ1) is 13.0. The van der Waals surface area contributed by atoms with Gasteiger partial charge in [0.15, 0.2) is 5.78 Å². The van der Waals surface area contributed by atoms with E-state index < -0.39 is 17.5 Å². The van der Waals surface area contributed by atoms with Crippen LogP contribution in [-0.4, -0.2) is 35.3 Å². The highest BCUT2D eigenvalue weighted by Gasteiger charge is 2.57. The van der Waals surface area contributed by atoms with Crippen molar-refractivity contribution in [3.63, 3.8) is 0 Å². The van der Waals surface area contributed by atoms with Crippen LogP contribution in [0, 0.1) is 22.7 Å². The second-order valence-electron chi connectivity index (χ2n) is 9.06. The highest BCUT2D eigenvalue weighted by molar-refractivity contribution is 6.26. The van der Waals surface area contributed by atoms with Gasteiger partial charge in [0.2, 0.25) is 0 Å². The zero-order chi connectivity index (χ0) is 20.9. The molecule has 0 N–H and O–H groups in total. The summed E-state index contributed by atoms with van der Waals surface area (Å²) < 4.78 is 5.56. The van der Waals surface area contributed by atoms with E-state index in [2.05, 4.69) is 6.58 Å². The van der Waals surface area contributed by atoms with Crippen molar-refractivity contribution in [2.75, 3.05) is 5.88 Å². The molecule has 3 rings (SSSR count). The van der Waals surface area contributed by atoms with Crippen LogP contribution in [0.2, 0.25) is 0 Å². The molecule has 0 aromatic carbocycles. The molecule has 152 valence electrons. The van der Waals surface area contributed by atoms with Gasteiger partial charge in [-0.2, -0.15) is 0 Å². The number of carbonyl (C=O) groups excluding carboxylic acids is 4. The Morgan fingerprint density at radius 2 is 1.86 bits per heavy atom. The van der Waals surface area contributed by atoms with Gasteiger partial charge >= 0.3 is 5.97 Å². The molecule has 3 aliphatic carbocycles. The van der Waals surface area contributed by atoms with Gasteiger partial charge in [0.25, 0.3) is 0 Å². The van der Waals surface area contributed by atoms with Gasteiger partial charge in [0, 0.05) is 24.3 Å². The minimum atomic E-state index is -1.14. The van der Waals surface area contributed by atoms with E-state index in [0.717, 1.165) is 0 Å². The van der Waals surface area contributed by atoms with Gasteiger partial charge < -0.3 is 4.74 Å². The van der Waals surface area contributed by atoms with Gasteiger partial charge in [-0.25, -0.2) is 0 Å². The highest BCUT2D eigenvalue weighted by Crippen LogP contribution is 2.54. The Kier molecular flexibility index (Phi) is 5.43. The predicted molar refractivity (Wildman–Crippen MR) is 105 cm³/mol. The minimum Gasteiger partial charge on any atom is -0.456 e. The molecule has 2 bridgehead atoms. The summed E-state index contributed by atoms with van der Waals surface area (Å²) in [6.45, 7) is 9.69. The number of ketones is 3. The number of ether oxygens (including phenoxy) is 1. The molecule has 0 unspecified atom stereocenters. The van der Waals surface area contributed by atoms with Crippen molar-refractivity contribution in [1.29, 1.82) is 0 Å². The first-order valence-corrected chi connectivity index (χ1v) is 10.3. The van der Waals surface area contributed by atoms with E-state index >= 15 is 0 Å². The fraction of sp³-hybridized carbons (Fsp3) is 0.636. The van der Waals surface area contributed by atoms with E-state index in [1.807, 2.05) is 13.8 Å². The average Bonchev–Trinajstić information content (AvgIpc) is 2.93. The Morgan fingerprint density at radius 1 is 1.21 bits per heavy atom. The molecular weight excluding hydrogens is 380 g/mol. The van der Waals surface area contributed by atoms with Gasteiger partial charge in [-0.05, 0) is 43.1 Å². The van der Waals surface area contributed by atoms with E-state index in [-0.39, 0.29) is 53.3 Å². The summed E-state index contributed by atoms with van der Waals surface area (Å²) in [5.41, 5.74) is -0.647. The lowest BCUT2D eigenvalue weighted by Crippen LogP contribution is -2.54. The zero-order valence-corrected chi connectivity index (χ0v) is 17.4. The van der Waals surface area contributed by atoms with Crippen LogP contribution in [0.4, 0.5) is 0 Å². The second-order valence-corrected chi connectivity index (χ2v) is 9.33. The van der Waals surface area contributed by atoms with Crippen molar-refractivity contribution in [2.24, 2.45) is 22.7 Å². The number of rotatable bonds is 2. The molecule has 0 aromatic heterocycles. The van der Waals surface area contributed by atoms with Crippen LogP contribution in [-0.2, 0) is 23.9 Å². The predicted octanol–water partition coefficient (Wildman–Crippen LogP) is 3.58. The van der Waals surface area contributed by atoms with Gasteiger partial charge in [0.05, 0.1) is 5.41 Å². The van der Waals surface area contributed by atoms with Crippen molar-refractivity contribution in [3.05, 3.63) is 23.8 Å². The lowest BCUT2D eigenvalue weighted by atomic mass is 9.52. The summed E-state index contributed by atoms with van der Waals surface area (Å²) in [4.78, 5) is 51.0. The third kappa shape index (κ3) is 3.28. The summed E-state index contributed by atoms with van der Waals surface area (Å²) in [7, 11) is 0. The summed E-state index contributed by atoms with van der Waals surface area (Å²) in [6, 6.07) is 0. The van der Waals surface area contributed by atoms with Crippen LogP contribution in [0.15, 0.2) is 23.8 Å². The van der Waals surface area contributed by atoms with E-state index in [1.54, 1.807) is 13.0 Å². The van der Waals surface area contributed by atoms with Gasteiger partial charge in [-0.15, -0.1) is 11.6 Å². The molecule has 1 fully saturated rings. The third-order valence-corrected chi connectivity index (χ3v) is 7.26. The van der Waals surface area contributed by atoms with Gasteiger partial charge in [0.1, 0.15) is 23.6 Å². The molecule has 0 saturated heterocycles. The monoisotopic (exact) mass is 406 g/mol. The molecule has 5 nitrogen and oxygen atoms in total. The summed E-state index contributed by atoms with van der Waals surface area (Å²) in [6.07, 6.45) is 2.85. The molecule has 0 aliphatic heterocycles. The van der Waals surface area contributed by atoms with Crippen LogP contribution in [0.1, 0.15) is 52.9 Å². The van der Waals surface area contributed by atoms with Crippen molar-refractivity contribution < 1.29 is 23.9 Å². The van der Waals surface area contributed by atoms with Crippen LogP contribution in [0.5, 0.6) is 0 Å². The maximum Gasteiger partial charge on any atom is 0.321 e. The quantitative estimate of drug-likeness (QED) is 0.303. The largest absolute Gasteiger partial charge is 0.456 e. The molecular formula is C22H27ClO5. The van der Waals surface area contributed by atoms with Crippen molar-refractivity contribution in [1.82, 2.24) is 0 Å². The molecule has 0 radical (unpaired) electrons. The Bertz CT molecular complexity index is 793. The van der Waals surface area contributed by atoms with E-state index in [9.17, 15) is 19.2 Å². The molecule has 1 saturated carbocycles. The van der Waals surface area contributed by atoms with Crippen LogP contribution < -0.4 is 0 Å². The normalized spacial score (nSPS) is 35.3. The lowest BCUT2D eigenvalue weighted by molar-refractivity contribution is -0.156. The maximum absolute atomic E-state index is 13.2. The SMILES string of the molecule is C=C1C(=O)C2=C[C@H]1CCC(=O)[C@]1(C)C(=O)CCC(C)(C)[C@H]1C[C@H]2OC(=O)CCl. The van der Waals surface area contributed by atoms with Crippen LogP contribution in [0.3, 0.4) is 0 Å². The summed E-state index contributed by atoms with van der Waals surface area (Å²) in [5, 5.41) is 0. The number of halogens is 1. The molecule has 0 amide bonds. The lowest BCUT2D eigenvalue weighted by Gasteiger charge is -2.50. The second kappa shape index (κ2) is 7.25. The zero-order valence-electron chi connectivity index (χ0n) is 16.7. The fourth-order valence-electron chi connectivity index (χ4n) is 5.20. The number of fused-ring (bicyclic) bond motifs is 2. The molecule has 4 atom stereocenters. The Morgan fingerprint density at radius 3 is 2.50 bits per heavy atom. The number of carbonyl (C=O) groups is 4. The Balaban J connectivity index is 2.12. The van der Waals surface area contributed by atoms with Crippen molar-refractivity contribution in [2.45, 2.75) is 59.0 Å². The molecule has 28 heavy (non-hydrogen) atoms. The number of alkyl halides is 1. The Hall–Kier alpha value is -1.75. The first-order valence-electron chi connectivity index (χ1n) is 9.79. The van der Waals surface area contributed by atoms with E-state index in [1.165, 1.54) is 0 Å². The summed E-state index contributed by atoms with van der Waals surface area (Å²) in [5.74, 6) is -1.95. The van der Waals surface area contributed by atoms with E-state index in [0.29, 0.717) is 30.4 Å². The highest BCUT2D eigenvalue weighted by atomic mass is 35.5. The number of hydrogen-bond donors (Lipinski definition) is 0. The smallest absolute Gasteiger partial charge is 0.321 e. The number of hydrogen-bond acceptors (Lipinski definition) is 5. The fourth-order valence-corrected chi connectivity index (χ4v) is 5.26. The maximum atomic E-state index is 13.2. The third-order valence-electron chi connectivity index (χ3n) is 7.04. The molecule has 6 heteroatoms. The van der Waals surface area contributed by atoms with Crippen molar-refractivity contribution >= 4 is 34.9 Å².